The number of rotatable bonds is 3. The molecule has 0 atom stereocenters. The molecule has 1 amide bonds. The summed E-state index contributed by atoms with van der Waals surface area (Å²) in [6.45, 7) is 3.98. The maximum Gasteiger partial charge on any atom is 0.271 e. The van der Waals surface area contributed by atoms with Crippen molar-refractivity contribution in [1.29, 1.82) is 0 Å². The Kier molecular flexibility index (Phi) is 4.34. The predicted molar refractivity (Wildman–Crippen MR) is 79.1 cm³/mol. The van der Waals surface area contributed by atoms with Crippen molar-refractivity contribution in [2.75, 3.05) is 7.05 Å². The van der Waals surface area contributed by atoms with Crippen molar-refractivity contribution in [3.63, 3.8) is 0 Å². The van der Waals surface area contributed by atoms with E-state index in [1.54, 1.807) is 19.2 Å². The fourth-order valence-corrected chi connectivity index (χ4v) is 1.94. The zero-order valence-electron chi connectivity index (χ0n) is 11.4. The molecule has 2 rings (SSSR count). The van der Waals surface area contributed by atoms with Crippen molar-refractivity contribution in [1.82, 2.24) is 15.5 Å². The zero-order chi connectivity index (χ0) is 14.7. The van der Waals surface area contributed by atoms with Gasteiger partial charge in [0.2, 0.25) is 5.88 Å². The summed E-state index contributed by atoms with van der Waals surface area (Å²) in [5.41, 5.74) is 2.41. The second kappa shape index (κ2) is 6.00. The average molecular weight is 336 g/mol. The van der Waals surface area contributed by atoms with E-state index in [4.69, 9.17) is 4.74 Å². The molecule has 1 aromatic heterocycles. The first kappa shape index (κ1) is 14.5. The minimum absolute atomic E-state index is 0.253. The number of nitrogens with one attached hydrogen (secondary N) is 1. The Balaban J connectivity index is 2.20. The largest absolute Gasteiger partial charge is 0.438 e. The van der Waals surface area contributed by atoms with E-state index in [0.717, 1.165) is 15.6 Å². The van der Waals surface area contributed by atoms with Gasteiger partial charge in [0.05, 0.1) is 0 Å². The first-order valence-corrected chi connectivity index (χ1v) is 6.81. The van der Waals surface area contributed by atoms with Gasteiger partial charge >= 0.3 is 0 Å². The number of halogens is 1. The van der Waals surface area contributed by atoms with Crippen LogP contribution in [0.3, 0.4) is 0 Å². The zero-order valence-corrected chi connectivity index (χ0v) is 13.0. The highest BCUT2D eigenvalue weighted by Gasteiger charge is 2.08. The summed E-state index contributed by atoms with van der Waals surface area (Å²) in [5.74, 6) is 0.753. The van der Waals surface area contributed by atoms with Gasteiger partial charge in [0.1, 0.15) is 5.75 Å². The van der Waals surface area contributed by atoms with Crippen molar-refractivity contribution in [2.45, 2.75) is 13.8 Å². The first-order valence-electron chi connectivity index (χ1n) is 6.01. The number of nitrogens with zero attached hydrogens (tertiary/aromatic N) is 2. The van der Waals surface area contributed by atoms with Crippen molar-refractivity contribution < 1.29 is 9.53 Å². The van der Waals surface area contributed by atoms with E-state index in [9.17, 15) is 4.79 Å². The van der Waals surface area contributed by atoms with Gasteiger partial charge in [0, 0.05) is 17.6 Å². The lowest BCUT2D eigenvalue weighted by Gasteiger charge is -2.09. The second-order valence-electron chi connectivity index (χ2n) is 4.31. The molecule has 5 nitrogen and oxygen atoms in total. The summed E-state index contributed by atoms with van der Waals surface area (Å²) in [6.07, 6.45) is 0. The number of hydrogen-bond acceptors (Lipinski definition) is 4. The summed E-state index contributed by atoms with van der Waals surface area (Å²) in [4.78, 5) is 11.4. The van der Waals surface area contributed by atoms with Crippen LogP contribution in [0, 0.1) is 13.8 Å². The summed E-state index contributed by atoms with van der Waals surface area (Å²) in [5, 5.41) is 10.2. The highest BCUT2D eigenvalue weighted by atomic mass is 79.9. The quantitative estimate of drug-likeness (QED) is 0.936. The number of aromatic nitrogens is 2. The van der Waals surface area contributed by atoms with E-state index in [1.807, 2.05) is 26.0 Å². The Morgan fingerprint density at radius 1 is 1.20 bits per heavy atom. The maximum absolute atomic E-state index is 11.4. The molecular formula is C14H14BrN3O2. The Morgan fingerprint density at radius 2 is 1.85 bits per heavy atom. The fourth-order valence-electron chi connectivity index (χ4n) is 1.71. The molecule has 0 saturated carbocycles. The summed E-state index contributed by atoms with van der Waals surface area (Å²) in [6, 6.07) is 7.00. The van der Waals surface area contributed by atoms with Crippen LogP contribution in [0.15, 0.2) is 28.7 Å². The van der Waals surface area contributed by atoms with Crippen molar-refractivity contribution in [2.24, 2.45) is 0 Å². The number of ether oxygens (including phenoxy) is 1. The van der Waals surface area contributed by atoms with Crippen LogP contribution in [0.1, 0.15) is 21.6 Å². The van der Waals surface area contributed by atoms with Crippen LogP contribution < -0.4 is 10.1 Å². The molecule has 20 heavy (non-hydrogen) atoms. The molecule has 0 radical (unpaired) electrons. The number of carbonyl (C=O) groups is 1. The number of benzene rings is 1. The Bertz CT molecular complexity index is 618. The van der Waals surface area contributed by atoms with E-state index in [0.29, 0.717) is 11.6 Å². The van der Waals surface area contributed by atoms with Gasteiger partial charge in [-0.05, 0) is 43.2 Å². The van der Waals surface area contributed by atoms with Crippen LogP contribution in [-0.2, 0) is 0 Å². The van der Waals surface area contributed by atoms with Gasteiger partial charge in [-0.15, -0.1) is 10.2 Å². The number of carbonyl (C=O) groups excluding carboxylic acids is 1. The third-order valence-corrected chi connectivity index (χ3v) is 3.98. The van der Waals surface area contributed by atoms with Crippen molar-refractivity contribution in [3.8, 4) is 11.6 Å². The molecular weight excluding hydrogens is 322 g/mol. The summed E-state index contributed by atoms with van der Waals surface area (Å²) < 4.78 is 6.70. The van der Waals surface area contributed by atoms with Gasteiger partial charge in [-0.2, -0.15) is 0 Å². The van der Waals surface area contributed by atoms with Crippen molar-refractivity contribution >= 4 is 21.8 Å². The van der Waals surface area contributed by atoms with Gasteiger partial charge in [0.15, 0.2) is 5.69 Å². The standard InChI is InChI=1S/C14H14BrN3O2/c1-8-6-10(7-9(2)13(8)15)20-12-5-4-11(17-18-12)14(19)16-3/h4-7H,1-3H3,(H,16,19). The predicted octanol–water partition coefficient (Wildman–Crippen LogP) is 3.01. The van der Waals surface area contributed by atoms with Gasteiger partial charge in [-0.25, -0.2) is 0 Å². The smallest absolute Gasteiger partial charge is 0.271 e. The van der Waals surface area contributed by atoms with Crippen LogP contribution in [0.5, 0.6) is 11.6 Å². The SMILES string of the molecule is CNC(=O)c1ccc(Oc2cc(C)c(Br)c(C)c2)nn1. The van der Waals surface area contributed by atoms with E-state index < -0.39 is 0 Å². The first-order chi connectivity index (χ1) is 9.51. The van der Waals surface area contributed by atoms with E-state index in [1.165, 1.54) is 0 Å². The molecule has 0 aliphatic heterocycles. The maximum atomic E-state index is 11.4. The van der Waals surface area contributed by atoms with Gasteiger partial charge in [-0.3, -0.25) is 4.79 Å². The average Bonchev–Trinajstić information content (AvgIpc) is 2.44. The van der Waals surface area contributed by atoms with Crippen LogP contribution in [0.2, 0.25) is 0 Å². The van der Waals surface area contributed by atoms with E-state index in [-0.39, 0.29) is 11.6 Å². The Morgan fingerprint density at radius 3 is 2.35 bits per heavy atom. The molecule has 2 aromatic rings. The summed E-state index contributed by atoms with van der Waals surface area (Å²) >= 11 is 3.50. The number of hydrogen-bond donors (Lipinski definition) is 1. The van der Waals surface area contributed by atoms with E-state index in [2.05, 4.69) is 31.4 Å². The molecule has 1 N–H and O–H groups in total. The molecule has 0 bridgehead atoms. The number of aryl methyl sites for hydroxylation is 2. The highest BCUT2D eigenvalue weighted by molar-refractivity contribution is 9.10. The van der Waals surface area contributed by atoms with Crippen LogP contribution in [0.4, 0.5) is 0 Å². The third-order valence-electron chi connectivity index (χ3n) is 2.73. The van der Waals surface area contributed by atoms with Crippen LogP contribution in [0.25, 0.3) is 0 Å². The fraction of sp³-hybridized carbons (Fsp3) is 0.214. The monoisotopic (exact) mass is 335 g/mol. The van der Waals surface area contributed by atoms with Gasteiger partial charge in [0.25, 0.3) is 5.91 Å². The molecule has 0 spiro atoms. The molecule has 6 heteroatoms. The topological polar surface area (TPSA) is 64.1 Å². The molecule has 1 heterocycles. The molecule has 0 unspecified atom stereocenters. The summed E-state index contributed by atoms with van der Waals surface area (Å²) in [7, 11) is 1.54. The molecule has 0 aliphatic rings. The van der Waals surface area contributed by atoms with Crippen molar-refractivity contribution in [3.05, 3.63) is 45.6 Å². The molecule has 1 aromatic carbocycles. The third kappa shape index (κ3) is 3.14. The van der Waals surface area contributed by atoms with Gasteiger partial charge in [-0.1, -0.05) is 15.9 Å². The van der Waals surface area contributed by atoms with Crippen LogP contribution >= 0.6 is 15.9 Å². The highest BCUT2D eigenvalue weighted by Crippen LogP contribution is 2.28. The number of amides is 1. The lowest BCUT2D eigenvalue weighted by atomic mass is 10.1. The minimum Gasteiger partial charge on any atom is -0.438 e. The molecule has 0 saturated heterocycles. The Labute approximate surface area is 125 Å². The molecule has 0 aliphatic carbocycles. The lowest BCUT2D eigenvalue weighted by molar-refractivity contribution is 0.0957. The normalized spacial score (nSPS) is 10.2. The van der Waals surface area contributed by atoms with Crippen LogP contribution in [-0.4, -0.2) is 23.2 Å². The molecule has 0 fully saturated rings. The lowest BCUT2D eigenvalue weighted by Crippen LogP contribution is -2.19. The van der Waals surface area contributed by atoms with E-state index >= 15 is 0 Å². The minimum atomic E-state index is -0.278. The van der Waals surface area contributed by atoms with Gasteiger partial charge < -0.3 is 10.1 Å². The Hall–Kier alpha value is -1.95. The molecule has 104 valence electrons. The second-order valence-corrected chi connectivity index (χ2v) is 5.10.